The molecule has 130 valence electrons. The lowest BCUT2D eigenvalue weighted by Crippen LogP contribution is -2.38. The summed E-state index contributed by atoms with van der Waals surface area (Å²) in [7, 11) is 0. The van der Waals surface area contributed by atoms with Crippen molar-refractivity contribution < 1.29 is 9.59 Å². The SMILES string of the molecule is O=C(N[C@H]1CC(=O)N(c2ccccc2)C1)c1cc2ccccc2c(=O)[nH]1. The summed E-state index contributed by atoms with van der Waals surface area (Å²) in [6.45, 7) is 0.409. The second-order valence-corrected chi connectivity index (χ2v) is 6.31. The minimum absolute atomic E-state index is 0.0338. The predicted molar refractivity (Wildman–Crippen MR) is 99.2 cm³/mol. The molecule has 6 heteroatoms. The Balaban J connectivity index is 1.52. The second kappa shape index (κ2) is 6.48. The van der Waals surface area contributed by atoms with E-state index in [1.807, 2.05) is 36.4 Å². The average molecular weight is 347 g/mol. The van der Waals surface area contributed by atoms with Gasteiger partial charge in [-0.15, -0.1) is 0 Å². The van der Waals surface area contributed by atoms with Crippen molar-refractivity contribution in [1.29, 1.82) is 0 Å². The van der Waals surface area contributed by atoms with E-state index >= 15 is 0 Å². The van der Waals surface area contributed by atoms with Crippen molar-refractivity contribution in [2.75, 3.05) is 11.4 Å². The molecule has 3 aromatic rings. The molecule has 0 unspecified atom stereocenters. The molecule has 0 aliphatic carbocycles. The Bertz CT molecular complexity index is 1040. The summed E-state index contributed by atoms with van der Waals surface area (Å²) >= 11 is 0. The molecule has 2 aromatic carbocycles. The summed E-state index contributed by atoms with van der Waals surface area (Å²) in [4.78, 5) is 41.2. The van der Waals surface area contributed by atoms with Crippen molar-refractivity contribution in [3.8, 4) is 0 Å². The first kappa shape index (κ1) is 16.1. The van der Waals surface area contributed by atoms with E-state index in [9.17, 15) is 14.4 Å². The summed E-state index contributed by atoms with van der Waals surface area (Å²) in [6, 6.07) is 17.8. The number of hydrogen-bond acceptors (Lipinski definition) is 3. The smallest absolute Gasteiger partial charge is 0.268 e. The molecule has 1 aliphatic heterocycles. The van der Waals surface area contributed by atoms with Gasteiger partial charge >= 0.3 is 0 Å². The summed E-state index contributed by atoms with van der Waals surface area (Å²) in [5.41, 5.74) is 0.703. The maximum absolute atomic E-state index is 12.5. The number of anilines is 1. The standard InChI is InChI=1S/C20H17N3O3/c24-18-11-14(12-23(18)15-7-2-1-3-8-15)21-20(26)17-10-13-6-4-5-9-16(13)19(25)22-17/h1-10,14H,11-12H2,(H,21,26)(H,22,25)/t14-/m0/s1. The van der Waals surface area contributed by atoms with Crippen LogP contribution in [0, 0.1) is 0 Å². The molecule has 4 rings (SSSR count). The molecule has 2 amide bonds. The average Bonchev–Trinajstić information content (AvgIpc) is 3.02. The Labute approximate surface area is 149 Å². The lowest BCUT2D eigenvalue weighted by Gasteiger charge is -2.17. The van der Waals surface area contributed by atoms with Crippen LogP contribution in [0.1, 0.15) is 16.9 Å². The van der Waals surface area contributed by atoms with Gasteiger partial charge in [0.2, 0.25) is 5.91 Å². The first-order chi connectivity index (χ1) is 12.6. The Morgan fingerprint density at radius 2 is 1.77 bits per heavy atom. The lowest BCUT2D eigenvalue weighted by molar-refractivity contribution is -0.117. The molecule has 1 aromatic heterocycles. The zero-order valence-corrected chi connectivity index (χ0v) is 13.9. The number of fused-ring (bicyclic) bond motifs is 1. The number of aromatic amines is 1. The molecule has 0 radical (unpaired) electrons. The molecule has 26 heavy (non-hydrogen) atoms. The van der Waals surface area contributed by atoms with E-state index < -0.39 is 0 Å². The van der Waals surface area contributed by atoms with Gasteiger partial charge < -0.3 is 15.2 Å². The normalized spacial score (nSPS) is 16.8. The molecule has 1 atom stereocenters. The number of nitrogens with zero attached hydrogens (tertiary/aromatic N) is 1. The second-order valence-electron chi connectivity index (χ2n) is 6.31. The lowest BCUT2D eigenvalue weighted by atomic mass is 10.1. The number of nitrogens with one attached hydrogen (secondary N) is 2. The molecule has 2 N–H and O–H groups in total. The van der Waals surface area contributed by atoms with Crippen molar-refractivity contribution in [1.82, 2.24) is 10.3 Å². The molecule has 6 nitrogen and oxygen atoms in total. The van der Waals surface area contributed by atoms with Gasteiger partial charge in [-0.2, -0.15) is 0 Å². The van der Waals surface area contributed by atoms with Gasteiger partial charge in [-0.25, -0.2) is 0 Å². The van der Waals surface area contributed by atoms with Gasteiger partial charge in [0.25, 0.3) is 11.5 Å². The van der Waals surface area contributed by atoms with Gasteiger partial charge in [0, 0.05) is 24.0 Å². The fourth-order valence-corrected chi connectivity index (χ4v) is 3.26. The minimum Gasteiger partial charge on any atom is -0.346 e. The van der Waals surface area contributed by atoms with Crippen LogP contribution in [0.25, 0.3) is 10.8 Å². The molecule has 1 fully saturated rings. The number of pyridine rings is 1. The van der Waals surface area contributed by atoms with Gasteiger partial charge in [-0.05, 0) is 29.7 Å². The van der Waals surface area contributed by atoms with Crippen molar-refractivity contribution in [3.05, 3.63) is 76.7 Å². The highest BCUT2D eigenvalue weighted by Gasteiger charge is 2.31. The number of rotatable bonds is 3. The highest BCUT2D eigenvalue weighted by atomic mass is 16.2. The van der Waals surface area contributed by atoms with E-state index in [0.717, 1.165) is 5.69 Å². The van der Waals surface area contributed by atoms with Gasteiger partial charge in [-0.1, -0.05) is 36.4 Å². The molecule has 2 heterocycles. The van der Waals surface area contributed by atoms with Crippen molar-refractivity contribution in [3.63, 3.8) is 0 Å². The molecule has 0 bridgehead atoms. The number of benzene rings is 2. The molecular formula is C20H17N3O3. The first-order valence-electron chi connectivity index (χ1n) is 8.40. The van der Waals surface area contributed by atoms with Crippen LogP contribution in [-0.4, -0.2) is 29.4 Å². The monoisotopic (exact) mass is 347 g/mol. The van der Waals surface area contributed by atoms with Crippen LogP contribution in [0.2, 0.25) is 0 Å². The zero-order chi connectivity index (χ0) is 18.1. The van der Waals surface area contributed by atoms with E-state index in [4.69, 9.17) is 0 Å². The van der Waals surface area contributed by atoms with Gasteiger partial charge in [0.05, 0.1) is 6.04 Å². The Morgan fingerprint density at radius 3 is 2.58 bits per heavy atom. The van der Waals surface area contributed by atoms with E-state index in [1.165, 1.54) is 0 Å². The quantitative estimate of drug-likeness (QED) is 0.761. The van der Waals surface area contributed by atoms with Crippen LogP contribution in [0.4, 0.5) is 5.69 Å². The maximum atomic E-state index is 12.5. The van der Waals surface area contributed by atoms with E-state index in [1.54, 1.807) is 29.2 Å². The third kappa shape index (κ3) is 2.97. The van der Waals surface area contributed by atoms with Gasteiger partial charge in [-0.3, -0.25) is 14.4 Å². The van der Waals surface area contributed by atoms with Crippen molar-refractivity contribution in [2.24, 2.45) is 0 Å². The maximum Gasteiger partial charge on any atom is 0.268 e. The molecular weight excluding hydrogens is 330 g/mol. The number of hydrogen-bond donors (Lipinski definition) is 2. The van der Waals surface area contributed by atoms with Crippen LogP contribution >= 0.6 is 0 Å². The summed E-state index contributed by atoms with van der Waals surface area (Å²) in [5, 5.41) is 4.09. The number of para-hydroxylation sites is 1. The van der Waals surface area contributed by atoms with Crippen LogP contribution in [0.5, 0.6) is 0 Å². The number of amides is 2. The predicted octanol–water partition coefficient (Wildman–Crippen LogP) is 2.06. The van der Waals surface area contributed by atoms with Crippen molar-refractivity contribution >= 4 is 28.3 Å². The van der Waals surface area contributed by atoms with Crippen molar-refractivity contribution in [2.45, 2.75) is 12.5 Å². The zero-order valence-electron chi connectivity index (χ0n) is 13.9. The third-order valence-corrected chi connectivity index (χ3v) is 4.53. The van der Waals surface area contributed by atoms with Crippen LogP contribution in [0.15, 0.2) is 65.5 Å². The van der Waals surface area contributed by atoms with Crippen LogP contribution < -0.4 is 15.8 Å². The highest BCUT2D eigenvalue weighted by molar-refractivity contribution is 5.99. The fraction of sp³-hybridized carbons (Fsp3) is 0.150. The van der Waals surface area contributed by atoms with Crippen LogP contribution in [-0.2, 0) is 4.79 Å². The fourth-order valence-electron chi connectivity index (χ4n) is 3.26. The summed E-state index contributed by atoms with van der Waals surface area (Å²) in [6.07, 6.45) is 0.235. The topological polar surface area (TPSA) is 82.3 Å². The number of aromatic nitrogens is 1. The van der Waals surface area contributed by atoms with E-state index in [-0.39, 0.29) is 35.5 Å². The van der Waals surface area contributed by atoms with E-state index in [2.05, 4.69) is 10.3 Å². The number of carbonyl (C=O) groups is 2. The Kier molecular flexibility index (Phi) is 4.01. The Morgan fingerprint density at radius 1 is 1.04 bits per heavy atom. The summed E-state index contributed by atoms with van der Waals surface area (Å²) < 4.78 is 0. The van der Waals surface area contributed by atoms with Gasteiger partial charge in [0.15, 0.2) is 0 Å². The molecule has 1 saturated heterocycles. The summed E-state index contributed by atoms with van der Waals surface area (Å²) in [5.74, 6) is -0.422. The molecule has 1 aliphatic rings. The third-order valence-electron chi connectivity index (χ3n) is 4.53. The van der Waals surface area contributed by atoms with Gasteiger partial charge in [0.1, 0.15) is 5.69 Å². The number of carbonyl (C=O) groups excluding carboxylic acids is 2. The Hall–Kier alpha value is -3.41. The molecule has 0 spiro atoms. The van der Waals surface area contributed by atoms with E-state index in [0.29, 0.717) is 17.3 Å². The van der Waals surface area contributed by atoms with Crippen LogP contribution in [0.3, 0.4) is 0 Å². The largest absolute Gasteiger partial charge is 0.346 e. The molecule has 0 saturated carbocycles. The first-order valence-corrected chi connectivity index (χ1v) is 8.40. The highest BCUT2D eigenvalue weighted by Crippen LogP contribution is 2.21. The minimum atomic E-state index is -0.388. The number of H-pyrrole nitrogens is 1.